The summed E-state index contributed by atoms with van der Waals surface area (Å²) in [5.74, 6) is 0.900. The highest BCUT2D eigenvalue weighted by atomic mass is 16.2. The normalized spacial score (nSPS) is 19.6. The first-order chi connectivity index (χ1) is 9.61. The molecule has 1 amide bonds. The Morgan fingerprint density at radius 3 is 2.60 bits per heavy atom. The molecule has 0 aromatic heterocycles. The van der Waals surface area contributed by atoms with Gasteiger partial charge in [-0.1, -0.05) is 55.8 Å². The van der Waals surface area contributed by atoms with Gasteiger partial charge in [-0.15, -0.1) is 0 Å². The lowest BCUT2D eigenvalue weighted by molar-refractivity contribution is -0.132. The molecule has 0 fully saturated rings. The predicted molar refractivity (Wildman–Crippen MR) is 83.3 cm³/mol. The molecule has 0 radical (unpaired) electrons. The molecule has 20 heavy (non-hydrogen) atoms. The zero-order chi connectivity index (χ0) is 14.5. The van der Waals surface area contributed by atoms with Crippen molar-refractivity contribution in [3.63, 3.8) is 0 Å². The summed E-state index contributed by atoms with van der Waals surface area (Å²) in [5, 5.41) is 0. The summed E-state index contributed by atoms with van der Waals surface area (Å²) in [6.45, 7) is 7.10. The molecule has 0 aliphatic heterocycles. The van der Waals surface area contributed by atoms with Gasteiger partial charge in [-0.05, 0) is 31.2 Å². The standard InChI is InChI=1S/C18H25NO/c1-4-18(20)19(13-16-11-10-14(2)12-16)15(3)17-8-6-5-7-9-17/h5-9,12,14-15H,4,10-11,13H2,1-3H3/t14-,15-/m0/s1. The highest BCUT2D eigenvalue weighted by molar-refractivity contribution is 5.76. The molecule has 2 atom stereocenters. The largest absolute Gasteiger partial charge is 0.332 e. The second-order valence-corrected chi connectivity index (χ2v) is 5.80. The number of hydrogen-bond donors (Lipinski definition) is 0. The van der Waals surface area contributed by atoms with E-state index in [1.165, 1.54) is 17.6 Å². The molecule has 0 heterocycles. The van der Waals surface area contributed by atoms with Gasteiger partial charge >= 0.3 is 0 Å². The molecule has 0 spiro atoms. The van der Waals surface area contributed by atoms with Crippen molar-refractivity contribution in [1.29, 1.82) is 0 Å². The maximum Gasteiger partial charge on any atom is 0.223 e. The molecule has 0 saturated heterocycles. The summed E-state index contributed by atoms with van der Waals surface area (Å²) in [4.78, 5) is 14.3. The van der Waals surface area contributed by atoms with Crippen molar-refractivity contribution in [2.45, 2.75) is 46.1 Å². The SMILES string of the molecule is CCC(=O)N(CC1=C[C@@H](C)CC1)[C@@H](C)c1ccccc1. The summed E-state index contributed by atoms with van der Waals surface area (Å²) >= 11 is 0. The van der Waals surface area contributed by atoms with Gasteiger partial charge in [0.2, 0.25) is 5.91 Å². The fraction of sp³-hybridized carbons (Fsp3) is 0.500. The van der Waals surface area contributed by atoms with Crippen LogP contribution in [-0.4, -0.2) is 17.4 Å². The molecule has 1 aromatic carbocycles. The van der Waals surface area contributed by atoms with Crippen LogP contribution in [0.5, 0.6) is 0 Å². The van der Waals surface area contributed by atoms with E-state index in [2.05, 4.69) is 32.1 Å². The van der Waals surface area contributed by atoms with E-state index in [0.717, 1.165) is 13.0 Å². The topological polar surface area (TPSA) is 20.3 Å². The lowest BCUT2D eigenvalue weighted by Gasteiger charge is -2.30. The first-order valence-electron chi connectivity index (χ1n) is 7.65. The maximum absolute atomic E-state index is 12.3. The number of hydrogen-bond acceptors (Lipinski definition) is 1. The van der Waals surface area contributed by atoms with E-state index in [9.17, 15) is 4.79 Å². The predicted octanol–water partition coefficient (Wildman–Crippen LogP) is 4.34. The number of benzene rings is 1. The number of carbonyl (C=O) groups excluding carboxylic acids is 1. The minimum absolute atomic E-state index is 0.139. The molecule has 0 N–H and O–H groups in total. The summed E-state index contributed by atoms with van der Waals surface area (Å²) < 4.78 is 0. The van der Waals surface area contributed by atoms with Crippen LogP contribution < -0.4 is 0 Å². The second-order valence-electron chi connectivity index (χ2n) is 5.80. The summed E-state index contributed by atoms with van der Waals surface area (Å²) in [6.07, 6.45) is 5.27. The number of amides is 1. The third-order valence-electron chi connectivity index (χ3n) is 4.19. The Morgan fingerprint density at radius 1 is 1.35 bits per heavy atom. The van der Waals surface area contributed by atoms with E-state index >= 15 is 0 Å². The van der Waals surface area contributed by atoms with E-state index in [0.29, 0.717) is 12.3 Å². The highest BCUT2D eigenvalue weighted by Crippen LogP contribution is 2.28. The van der Waals surface area contributed by atoms with E-state index in [-0.39, 0.29) is 11.9 Å². The molecule has 2 rings (SSSR count). The molecular formula is C18H25NO. The van der Waals surface area contributed by atoms with E-state index < -0.39 is 0 Å². The number of nitrogens with zero attached hydrogens (tertiary/aromatic N) is 1. The lowest BCUT2D eigenvalue weighted by Crippen LogP contribution is -2.34. The van der Waals surface area contributed by atoms with Crippen LogP contribution in [-0.2, 0) is 4.79 Å². The molecule has 1 aromatic rings. The van der Waals surface area contributed by atoms with Crippen LogP contribution in [0.2, 0.25) is 0 Å². The molecular weight excluding hydrogens is 246 g/mol. The van der Waals surface area contributed by atoms with Crippen molar-refractivity contribution in [3.05, 3.63) is 47.5 Å². The number of rotatable bonds is 5. The maximum atomic E-state index is 12.3. The van der Waals surface area contributed by atoms with Gasteiger partial charge in [-0.25, -0.2) is 0 Å². The minimum atomic E-state index is 0.139. The molecule has 0 bridgehead atoms. The van der Waals surface area contributed by atoms with Crippen LogP contribution >= 0.6 is 0 Å². The smallest absolute Gasteiger partial charge is 0.223 e. The molecule has 2 nitrogen and oxygen atoms in total. The Balaban J connectivity index is 2.15. The van der Waals surface area contributed by atoms with Gasteiger partial charge in [-0.2, -0.15) is 0 Å². The Bertz CT molecular complexity index is 477. The van der Waals surface area contributed by atoms with Gasteiger partial charge in [-0.3, -0.25) is 4.79 Å². The molecule has 0 unspecified atom stereocenters. The van der Waals surface area contributed by atoms with Crippen molar-refractivity contribution in [3.8, 4) is 0 Å². The second kappa shape index (κ2) is 6.74. The Hall–Kier alpha value is -1.57. The van der Waals surface area contributed by atoms with Gasteiger partial charge in [0, 0.05) is 13.0 Å². The van der Waals surface area contributed by atoms with Gasteiger partial charge in [0.15, 0.2) is 0 Å². The average Bonchev–Trinajstić information content (AvgIpc) is 2.89. The fourth-order valence-electron chi connectivity index (χ4n) is 2.89. The minimum Gasteiger partial charge on any atom is -0.332 e. The lowest BCUT2D eigenvalue weighted by atomic mass is 10.1. The Kier molecular flexibility index (Phi) is 4.99. The summed E-state index contributed by atoms with van der Waals surface area (Å²) in [7, 11) is 0. The van der Waals surface area contributed by atoms with Gasteiger partial charge in [0.1, 0.15) is 0 Å². The van der Waals surface area contributed by atoms with Crippen molar-refractivity contribution >= 4 is 5.91 Å². The van der Waals surface area contributed by atoms with Gasteiger partial charge in [0.05, 0.1) is 6.04 Å². The number of carbonyl (C=O) groups is 1. The Morgan fingerprint density at radius 2 is 2.05 bits per heavy atom. The Labute approximate surface area is 122 Å². The fourth-order valence-corrected chi connectivity index (χ4v) is 2.89. The van der Waals surface area contributed by atoms with Crippen LogP contribution in [0.25, 0.3) is 0 Å². The first kappa shape index (κ1) is 14.8. The molecule has 1 aliphatic carbocycles. The average molecular weight is 271 g/mol. The van der Waals surface area contributed by atoms with Gasteiger partial charge < -0.3 is 4.90 Å². The van der Waals surface area contributed by atoms with Crippen molar-refractivity contribution in [2.75, 3.05) is 6.54 Å². The molecule has 2 heteroatoms. The zero-order valence-corrected chi connectivity index (χ0v) is 12.8. The first-order valence-corrected chi connectivity index (χ1v) is 7.65. The van der Waals surface area contributed by atoms with Gasteiger partial charge in [0.25, 0.3) is 0 Å². The van der Waals surface area contributed by atoms with E-state index in [1.807, 2.05) is 30.0 Å². The van der Waals surface area contributed by atoms with Crippen LogP contribution in [0.15, 0.2) is 42.0 Å². The third kappa shape index (κ3) is 3.50. The van der Waals surface area contributed by atoms with Crippen molar-refractivity contribution in [1.82, 2.24) is 4.90 Å². The van der Waals surface area contributed by atoms with Crippen LogP contribution in [0, 0.1) is 5.92 Å². The molecule has 108 valence electrons. The zero-order valence-electron chi connectivity index (χ0n) is 12.8. The monoisotopic (exact) mass is 271 g/mol. The summed E-state index contributed by atoms with van der Waals surface area (Å²) in [6, 6.07) is 10.4. The molecule has 0 saturated carbocycles. The highest BCUT2D eigenvalue weighted by Gasteiger charge is 2.23. The summed E-state index contributed by atoms with van der Waals surface area (Å²) in [5.41, 5.74) is 2.63. The van der Waals surface area contributed by atoms with Crippen LogP contribution in [0.3, 0.4) is 0 Å². The third-order valence-corrected chi connectivity index (χ3v) is 4.19. The van der Waals surface area contributed by atoms with E-state index in [4.69, 9.17) is 0 Å². The van der Waals surface area contributed by atoms with Crippen molar-refractivity contribution in [2.24, 2.45) is 5.92 Å². The van der Waals surface area contributed by atoms with Crippen LogP contribution in [0.1, 0.15) is 51.6 Å². The van der Waals surface area contributed by atoms with Crippen LogP contribution in [0.4, 0.5) is 0 Å². The van der Waals surface area contributed by atoms with E-state index in [1.54, 1.807) is 0 Å². The number of allylic oxidation sites excluding steroid dienone is 1. The quantitative estimate of drug-likeness (QED) is 0.729. The molecule has 1 aliphatic rings. The van der Waals surface area contributed by atoms with Crippen molar-refractivity contribution < 1.29 is 4.79 Å².